The van der Waals surface area contributed by atoms with Gasteiger partial charge in [0.05, 0.1) is 21.8 Å². The zero-order valence-electron chi connectivity index (χ0n) is 23.9. The fourth-order valence-electron chi connectivity index (χ4n) is 7.46. The number of hydrogen-bond acceptors (Lipinski definition) is 2. The second-order valence-corrected chi connectivity index (χ2v) is 12.1. The highest BCUT2D eigenvalue weighted by atomic mass is 16.3. The van der Waals surface area contributed by atoms with Crippen LogP contribution >= 0.6 is 0 Å². The second kappa shape index (κ2) is 8.56. The van der Waals surface area contributed by atoms with Crippen molar-refractivity contribution < 1.29 is 4.42 Å². The number of aromatic nitrogens is 1. The van der Waals surface area contributed by atoms with Gasteiger partial charge in [0.25, 0.3) is 0 Å². The van der Waals surface area contributed by atoms with Crippen molar-refractivity contribution in [3.05, 3.63) is 149 Å². The minimum atomic E-state index is -0.139. The Hall–Kier alpha value is -5.41. The van der Waals surface area contributed by atoms with E-state index in [-0.39, 0.29) is 10.8 Å². The van der Waals surface area contributed by atoms with E-state index < -0.39 is 0 Å². The normalized spacial score (nSPS) is 13.6. The van der Waals surface area contributed by atoms with Crippen LogP contribution in [0.25, 0.3) is 71.7 Å². The number of para-hydroxylation sites is 2. The SMILES string of the molecule is CC1(C)c2ccccc2-c2ccc3c(c21)c1ccccc1n3-c1ccc2oc3c(-c4ccccc4)cccc3c(=O)c2c1. The quantitative estimate of drug-likeness (QED) is 0.200. The van der Waals surface area contributed by atoms with E-state index >= 15 is 0 Å². The molecule has 0 radical (unpaired) electrons. The molecule has 1 aliphatic carbocycles. The van der Waals surface area contributed by atoms with Gasteiger partial charge in [-0.25, -0.2) is 0 Å². The minimum absolute atomic E-state index is 0.0193. The third-order valence-corrected chi connectivity index (χ3v) is 9.38. The lowest BCUT2D eigenvalue weighted by Gasteiger charge is -2.22. The maximum Gasteiger partial charge on any atom is 0.200 e. The largest absolute Gasteiger partial charge is 0.455 e. The molecule has 0 atom stereocenters. The molecule has 2 aromatic heterocycles. The maximum absolute atomic E-state index is 14.0. The summed E-state index contributed by atoms with van der Waals surface area (Å²) in [4.78, 5) is 14.0. The molecule has 0 amide bonds. The first-order valence-corrected chi connectivity index (χ1v) is 14.7. The topological polar surface area (TPSA) is 35.1 Å². The summed E-state index contributed by atoms with van der Waals surface area (Å²) >= 11 is 0. The molecule has 0 bridgehead atoms. The van der Waals surface area contributed by atoms with Gasteiger partial charge in [-0.05, 0) is 64.2 Å². The van der Waals surface area contributed by atoms with Gasteiger partial charge in [-0.15, -0.1) is 0 Å². The summed E-state index contributed by atoms with van der Waals surface area (Å²) in [5, 5.41) is 3.65. The van der Waals surface area contributed by atoms with Gasteiger partial charge >= 0.3 is 0 Å². The lowest BCUT2D eigenvalue weighted by molar-refractivity contribution is 0.661. The van der Waals surface area contributed by atoms with Crippen molar-refractivity contribution in [1.82, 2.24) is 4.57 Å². The van der Waals surface area contributed by atoms with Crippen molar-refractivity contribution in [3.8, 4) is 27.9 Å². The molecule has 0 saturated carbocycles. The molecule has 0 N–H and O–H groups in total. The summed E-state index contributed by atoms with van der Waals surface area (Å²) in [5.41, 5.74) is 11.5. The van der Waals surface area contributed by atoms with E-state index in [0.29, 0.717) is 21.9 Å². The smallest absolute Gasteiger partial charge is 0.200 e. The minimum Gasteiger partial charge on any atom is -0.455 e. The average Bonchev–Trinajstić information content (AvgIpc) is 3.50. The van der Waals surface area contributed by atoms with Gasteiger partial charge < -0.3 is 8.98 Å². The zero-order chi connectivity index (χ0) is 28.9. The first-order chi connectivity index (χ1) is 21.0. The van der Waals surface area contributed by atoms with E-state index in [4.69, 9.17) is 4.42 Å². The Morgan fingerprint density at radius 3 is 2.23 bits per heavy atom. The first-order valence-electron chi connectivity index (χ1n) is 14.7. The van der Waals surface area contributed by atoms with E-state index in [1.807, 2.05) is 60.7 Å². The van der Waals surface area contributed by atoms with Crippen molar-refractivity contribution in [2.75, 3.05) is 0 Å². The molecule has 0 saturated heterocycles. The van der Waals surface area contributed by atoms with Crippen LogP contribution in [0.1, 0.15) is 25.0 Å². The third kappa shape index (κ3) is 3.22. The molecule has 204 valence electrons. The Bertz CT molecular complexity index is 2500. The molecule has 0 unspecified atom stereocenters. The average molecular weight is 554 g/mol. The molecular formula is C40H27NO2. The van der Waals surface area contributed by atoms with Crippen LogP contribution < -0.4 is 5.43 Å². The van der Waals surface area contributed by atoms with Crippen LogP contribution in [-0.4, -0.2) is 4.57 Å². The number of benzene rings is 6. The number of hydrogen-bond donors (Lipinski definition) is 0. The third-order valence-electron chi connectivity index (χ3n) is 9.38. The lowest BCUT2D eigenvalue weighted by atomic mass is 9.80. The van der Waals surface area contributed by atoms with Crippen LogP contribution in [0.3, 0.4) is 0 Å². The van der Waals surface area contributed by atoms with Crippen LogP contribution in [0.4, 0.5) is 0 Å². The maximum atomic E-state index is 14.0. The molecule has 0 spiro atoms. The van der Waals surface area contributed by atoms with Crippen LogP contribution in [0.5, 0.6) is 0 Å². The molecule has 0 aliphatic heterocycles. The van der Waals surface area contributed by atoms with Crippen molar-refractivity contribution in [1.29, 1.82) is 0 Å². The molecule has 9 rings (SSSR count). The van der Waals surface area contributed by atoms with Crippen molar-refractivity contribution in [2.24, 2.45) is 0 Å². The standard InChI is InChI=1S/C40H27NO2/c1-40(2)32-17-8-6-13-27(32)28-20-21-34-36(37(28)40)29-14-7-9-18-33(29)41(34)25-19-22-35-31(23-25)38(42)30-16-10-15-26(39(30)43-35)24-11-4-3-5-12-24/h3-23H,1-2H3. The van der Waals surface area contributed by atoms with Gasteiger partial charge in [-0.3, -0.25) is 4.79 Å². The molecule has 43 heavy (non-hydrogen) atoms. The van der Waals surface area contributed by atoms with Crippen LogP contribution in [0.15, 0.2) is 137 Å². The lowest BCUT2D eigenvalue weighted by Crippen LogP contribution is -2.15. The van der Waals surface area contributed by atoms with Crippen molar-refractivity contribution in [3.63, 3.8) is 0 Å². The van der Waals surface area contributed by atoms with Crippen LogP contribution in [0.2, 0.25) is 0 Å². The number of rotatable bonds is 2. The molecule has 2 heterocycles. The van der Waals surface area contributed by atoms with E-state index in [1.165, 1.54) is 33.0 Å². The van der Waals surface area contributed by atoms with Crippen LogP contribution in [-0.2, 0) is 5.41 Å². The molecule has 0 fully saturated rings. The van der Waals surface area contributed by atoms with Crippen LogP contribution in [0, 0.1) is 0 Å². The zero-order valence-corrected chi connectivity index (χ0v) is 23.9. The molecule has 1 aliphatic rings. The second-order valence-electron chi connectivity index (χ2n) is 12.1. The number of nitrogens with zero attached hydrogens (tertiary/aromatic N) is 1. The van der Waals surface area contributed by atoms with Gasteiger partial charge in [0.2, 0.25) is 5.43 Å². The fourth-order valence-corrected chi connectivity index (χ4v) is 7.46. The Kier molecular flexibility index (Phi) is 4.82. The van der Waals surface area contributed by atoms with E-state index in [0.717, 1.165) is 27.8 Å². The summed E-state index contributed by atoms with van der Waals surface area (Å²) in [6.45, 7) is 4.67. The molecule has 8 aromatic rings. The van der Waals surface area contributed by atoms with Gasteiger partial charge in [0.1, 0.15) is 11.2 Å². The summed E-state index contributed by atoms with van der Waals surface area (Å²) < 4.78 is 8.77. The predicted octanol–water partition coefficient (Wildman–Crippen LogP) is 10.0. The van der Waals surface area contributed by atoms with Gasteiger partial charge in [0.15, 0.2) is 0 Å². The van der Waals surface area contributed by atoms with E-state index in [2.05, 4.69) is 85.1 Å². The fraction of sp³-hybridized carbons (Fsp3) is 0.0750. The Morgan fingerprint density at radius 1 is 0.605 bits per heavy atom. The highest BCUT2D eigenvalue weighted by Gasteiger charge is 2.38. The van der Waals surface area contributed by atoms with Crippen molar-refractivity contribution in [2.45, 2.75) is 19.3 Å². The van der Waals surface area contributed by atoms with E-state index in [1.54, 1.807) is 0 Å². The Morgan fingerprint density at radius 2 is 1.35 bits per heavy atom. The Balaban J connectivity index is 1.33. The molecule has 3 nitrogen and oxygen atoms in total. The molecular weight excluding hydrogens is 526 g/mol. The summed E-state index contributed by atoms with van der Waals surface area (Å²) in [6, 6.07) is 43.8. The summed E-state index contributed by atoms with van der Waals surface area (Å²) in [7, 11) is 0. The monoisotopic (exact) mass is 553 g/mol. The number of fused-ring (bicyclic) bond motifs is 9. The van der Waals surface area contributed by atoms with Gasteiger partial charge in [-0.1, -0.05) is 105 Å². The van der Waals surface area contributed by atoms with Gasteiger partial charge in [-0.2, -0.15) is 0 Å². The summed E-state index contributed by atoms with van der Waals surface area (Å²) in [6.07, 6.45) is 0. The highest BCUT2D eigenvalue weighted by Crippen LogP contribution is 2.53. The summed E-state index contributed by atoms with van der Waals surface area (Å²) in [5.74, 6) is 0. The van der Waals surface area contributed by atoms with Crippen molar-refractivity contribution >= 4 is 43.7 Å². The highest BCUT2D eigenvalue weighted by molar-refractivity contribution is 6.14. The first kappa shape index (κ1) is 24.2. The predicted molar refractivity (Wildman–Crippen MR) is 177 cm³/mol. The Labute approximate surface area is 248 Å². The van der Waals surface area contributed by atoms with Gasteiger partial charge in [0, 0.05) is 27.4 Å². The molecule has 6 aromatic carbocycles. The molecule has 3 heteroatoms. The van der Waals surface area contributed by atoms with E-state index in [9.17, 15) is 4.79 Å².